The van der Waals surface area contributed by atoms with E-state index in [0.29, 0.717) is 23.8 Å². The van der Waals surface area contributed by atoms with Crippen molar-refractivity contribution in [3.05, 3.63) is 44.9 Å². The van der Waals surface area contributed by atoms with Gasteiger partial charge in [-0.2, -0.15) is 0 Å². The topological polar surface area (TPSA) is 59.4 Å². The molecule has 1 N–H and O–H groups in total. The van der Waals surface area contributed by atoms with Gasteiger partial charge in [0, 0.05) is 16.3 Å². The molecule has 0 bridgehead atoms. The molecule has 6 heteroatoms. The Morgan fingerprint density at radius 2 is 2.32 bits per heavy atom. The van der Waals surface area contributed by atoms with Crippen molar-refractivity contribution >= 4 is 28.9 Å². The number of carboxylic acids is 1. The van der Waals surface area contributed by atoms with E-state index in [-0.39, 0.29) is 5.56 Å². The van der Waals surface area contributed by atoms with Gasteiger partial charge in [0.2, 0.25) is 0 Å². The van der Waals surface area contributed by atoms with Gasteiger partial charge in [0.05, 0.1) is 17.8 Å². The van der Waals surface area contributed by atoms with Gasteiger partial charge in [0.25, 0.3) is 0 Å². The van der Waals surface area contributed by atoms with Gasteiger partial charge in [0.1, 0.15) is 11.3 Å². The Morgan fingerprint density at radius 1 is 1.53 bits per heavy atom. The number of benzene rings is 1. The number of hydrogen-bond donors (Lipinski definition) is 1. The van der Waals surface area contributed by atoms with Gasteiger partial charge < -0.3 is 9.84 Å². The molecule has 19 heavy (non-hydrogen) atoms. The maximum atomic E-state index is 11.0. The quantitative estimate of drug-likeness (QED) is 0.918. The molecule has 2 rings (SSSR count). The summed E-state index contributed by atoms with van der Waals surface area (Å²) in [7, 11) is 0. The van der Waals surface area contributed by atoms with Crippen LogP contribution in [-0.4, -0.2) is 22.7 Å². The zero-order chi connectivity index (χ0) is 13.8. The second kappa shape index (κ2) is 6.04. The summed E-state index contributed by atoms with van der Waals surface area (Å²) in [5.41, 5.74) is 2.88. The lowest BCUT2D eigenvalue weighted by Crippen LogP contribution is -2.06. The van der Waals surface area contributed by atoms with Crippen LogP contribution in [-0.2, 0) is 6.42 Å². The summed E-state index contributed by atoms with van der Waals surface area (Å²) in [5.74, 6) is -0.734. The van der Waals surface area contributed by atoms with Crippen LogP contribution in [0.15, 0.2) is 23.7 Å². The molecule has 0 spiro atoms. The van der Waals surface area contributed by atoms with E-state index >= 15 is 0 Å². The van der Waals surface area contributed by atoms with E-state index < -0.39 is 5.97 Å². The lowest BCUT2D eigenvalue weighted by atomic mass is 10.2. The number of nitrogens with zero attached hydrogens (tertiary/aromatic N) is 1. The highest BCUT2D eigenvalue weighted by Gasteiger charge is 2.12. The lowest BCUT2D eigenvalue weighted by Gasteiger charge is -2.09. The molecule has 0 aliphatic carbocycles. The van der Waals surface area contributed by atoms with Gasteiger partial charge in [-0.25, -0.2) is 9.78 Å². The van der Waals surface area contributed by atoms with E-state index in [1.807, 2.05) is 6.92 Å². The minimum Gasteiger partial charge on any atom is -0.492 e. The van der Waals surface area contributed by atoms with Crippen LogP contribution in [0.25, 0.3) is 0 Å². The Bertz CT molecular complexity index is 597. The monoisotopic (exact) mass is 297 g/mol. The number of aromatic carboxylic acids is 1. The van der Waals surface area contributed by atoms with Crippen LogP contribution in [0, 0.1) is 6.92 Å². The van der Waals surface area contributed by atoms with Gasteiger partial charge in [0.15, 0.2) is 0 Å². The molecular weight excluding hydrogens is 286 g/mol. The van der Waals surface area contributed by atoms with E-state index in [4.69, 9.17) is 21.4 Å². The van der Waals surface area contributed by atoms with Crippen molar-refractivity contribution < 1.29 is 14.6 Å². The molecule has 0 unspecified atom stereocenters. The van der Waals surface area contributed by atoms with E-state index in [2.05, 4.69) is 4.98 Å². The Kier molecular flexibility index (Phi) is 4.39. The molecule has 0 aliphatic heterocycles. The fourth-order valence-corrected chi connectivity index (χ4v) is 2.54. The van der Waals surface area contributed by atoms with Crippen molar-refractivity contribution in [2.75, 3.05) is 6.61 Å². The fraction of sp³-hybridized carbons (Fsp3) is 0.231. The second-order valence-corrected chi connectivity index (χ2v) is 5.28. The lowest BCUT2D eigenvalue weighted by molar-refractivity contribution is 0.0692. The Labute approximate surface area is 119 Å². The van der Waals surface area contributed by atoms with Crippen LogP contribution in [0.2, 0.25) is 5.02 Å². The van der Waals surface area contributed by atoms with Crippen molar-refractivity contribution in [3.63, 3.8) is 0 Å². The number of carboxylic acid groups (broad SMARTS) is 1. The number of rotatable bonds is 5. The molecule has 4 nitrogen and oxygen atoms in total. The molecule has 0 fully saturated rings. The highest BCUT2D eigenvalue weighted by Crippen LogP contribution is 2.24. The Morgan fingerprint density at radius 3 is 2.95 bits per heavy atom. The number of thiazole rings is 1. The van der Waals surface area contributed by atoms with Gasteiger partial charge in [-0.3, -0.25) is 0 Å². The molecule has 2 aromatic rings. The summed E-state index contributed by atoms with van der Waals surface area (Å²) in [4.78, 5) is 16.3. The second-order valence-electron chi connectivity index (χ2n) is 3.91. The maximum absolute atomic E-state index is 11.0. The van der Waals surface area contributed by atoms with Gasteiger partial charge in [-0.15, -0.1) is 11.3 Å². The number of aromatic nitrogens is 1. The molecule has 0 saturated heterocycles. The highest BCUT2D eigenvalue weighted by atomic mass is 35.5. The first-order chi connectivity index (χ1) is 9.08. The zero-order valence-corrected chi connectivity index (χ0v) is 11.8. The molecule has 1 aromatic carbocycles. The first-order valence-corrected chi connectivity index (χ1v) is 6.88. The number of halogens is 1. The van der Waals surface area contributed by atoms with Crippen molar-refractivity contribution in [1.29, 1.82) is 0 Å². The van der Waals surface area contributed by atoms with E-state index in [9.17, 15) is 4.79 Å². The molecule has 100 valence electrons. The molecule has 0 atom stereocenters. The predicted molar refractivity (Wildman–Crippen MR) is 74.5 cm³/mol. The van der Waals surface area contributed by atoms with Crippen molar-refractivity contribution in [1.82, 2.24) is 4.98 Å². The minimum absolute atomic E-state index is 0.116. The molecule has 0 radical (unpaired) electrons. The third-order valence-electron chi connectivity index (χ3n) is 2.61. The molecule has 1 heterocycles. The SMILES string of the molecule is Cc1ncsc1CCOc1cc(Cl)ccc1C(=O)O. The van der Waals surface area contributed by atoms with Gasteiger partial charge in [-0.05, 0) is 25.1 Å². The zero-order valence-electron chi connectivity index (χ0n) is 10.2. The Balaban J connectivity index is 2.05. The minimum atomic E-state index is -1.03. The van der Waals surface area contributed by atoms with E-state index in [1.165, 1.54) is 18.2 Å². The number of aryl methyl sites for hydroxylation is 1. The van der Waals surface area contributed by atoms with Gasteiger partial charge in [-0.1, -0.05) is 11.6 Å². The third kappa shape index (κ3) is 3.45. The van der Waals surface area contributed by atoms with Crippen LogP contribution in [0.3, 0.4) is 0 Å². The number of carbonyl (C=O) groups is 1. The predicted octanol–water partition coefficient (Wildman–Crippen LogP) is 3.42. The van der Waals surface area contributed by atoms with Crippen LogP contribution in [0.4, 0.5) is 0 Å². The largest absolute Gasteiger partial charge is 0.492 e. The smallest absolute Gasteiger partial charge is 0.339 e. The highest BCUT2D eigenvalue weighted by molar-refractivity contribution is 7.09. The van der Waals surface area contributed by atoms with Crippen molar-refractivity contribution in [3.8, 4) is 5.75 Å². The molecule has 0 saturated carbocycles. The number of hydrogen-bond acceptors (Lipinski definition) is 4. The summed E-state index contributed by atoms with van der Waals surface area (Å²) in [6.45, 7) is 2.33. The van der Waals surface area contributed by atoms with Crippen molar-refractivity contribution in [2.24, 2.45) is 0 Å². The molecule has 0 aliphatic rings. The summed E-state index contributed by atoms with van der Waals surface area (Å²) in [6.07, 6.45) is 0.697. The first kappa shape index (κ1) is 13.8. The van der Waals surface area contributed by atoms with Crippen molar-refractivity contribution in [2.45, 2.75) is 13.3 Å². The Hall–Kier alpha value is -1.59. The molecular formula is C13H12ClNO3S. The maximum Gasteiger partial charge on any atom is 0.339 e. The first-order valence-electron chi connectivity index (χ1n) is 5.62. The van der Waals surface area contributed by atoms with Crippen LogP contribution in [0.1, 0.15) is 20.9 Å². The molecule has 0 amide bonds. The number of ether oxygens (including phenoxy) is 1. The normalized spacial score (nSPS) is 10.4. The fourth-order valence-electron chi connectivity index (χ4n) is 1.61. The van der Waals surface area contributed by atoms with Gasteiger partial charge >= 0.3 is 5.97 Å². The van der Waals surface area contributed by atoms with E-state index in [0.717, 1.165) is 10.6 Å². The average molecular weight is 298 g/mol. The van der Waals surface area contributed by atoms with Crippen LogP contribution < -0.4 is 4.74 Å². The van der Waals surface area contributed by atoms with Crippen LogP contribution >= 0.6 is 22.9 Å². The average Bonchev–Trinajstić information content (AvgIpc) is 2.75. The van der Waals surface area contributed by atoms with Crippen LogP contribution in [0.5, 0.6) is 5.75 Å². The summed E-state index contributed by atoms with van der Waals surface area (Å²) >= 11 is 7.41. The summed E-state index contributed by atoms with van der Waals surface area (Å²) < 4.78 is 5.52. The standard InChI is InChI=1S/C13H12ClNO3S/c1-8-12(19-7-15-8)4-5-18-11-6-9(14)2-3-10(11)13(16)17/h2-3,6-7H,4-5H2,1H3,(H,16,17). The third-order valence-corrected chi connectivity index (χ3v) is 3.84. The molecule has 1 aromatic heterocycles. The summed E-state index contributed by atoms with van der Waals surface area (Å²) in [5, 5.41) is 9.51. The van der Waals surface area contributed by atoms with E-state index in [1.54, 1.807) is 16.8 Å². The summed E-state index contributed by atoms with van der Waals surface area (Å²) in [6, 6.07) is 4.49.